The highest BCUT2D eigenvalue weighted by atomic mass is 32.1. The first-order chi connectivity index (χ1) is 11.6. The third kappa shape index (κ3) is 3.48. The average molecular weight is 340 g/mol. The van der Waals surface area contributed by atoms with Crippen LogP contribution in [0.4, 0.5) is 5.69 Å². The fourth-order valence-electron chi connectivity index (χ4n) is 3.04. The molecular weight excluding hydrogens is 320 g/mol. The van der Waals surface area contributed by atoms with E-state index >= 15 is 0 Å². The van der Waals surface area contributed by atoms with Gasteiger partial charge in [-0.3, -0.25) is 9.69 Å². The Kier molecular flexibility index (Phi) is 4.93. The number of carbonyl (C=O) groups excluding carboxylic acids is 1. The van der Waals surface area contributed by atoms with Crippen LogP contribution < -0.4 is 4.90 Å². The third-order valence-corrected chi connectivity index (χ3v) is 5.25. The minimum absolute atomic E-state index is 0.126. The molecule has 1 atom stereocenters. The molecule has 5 nitrogen and oxygen atoms in total. The van der Waals surface area contributed by atoms with E-state index in [1.54, 1.807) is 23.5 Å². The van der Waals surface area contributed by atoms with Gasteiger partial charge in [-0.25, -0.2) is 4.98 Å². The Labute approximate surface area is 146 Å². The summed E-state index contributed by atoms with van der Waals surface area (Å²) in [5, 5.41) is 12.0. The molecule has 3 rings (SSSR count). The molecular formula is C18H20N4OS. The Morgan fingerprint density at radius 3 is 2.79 bits per heavy atom. The van der Waals surface area contributed by atoms with Crippen LogP contribution in [-0.2, 0) is 11.3 Å². The Morgan fingerprint density at radius 1 is 1.42 bits per heavy atom. The second-order valence-corrected chi connectivity index (χ2v) is 7.05. The van der Waals surface area contributed by atoms with Crippen molar-refractivity contribution in [3.63, 3.8) is 0 Å². The van der Waals surface area contributed by atoms with E-state index in [1.807, 2.05) is 36.4 Å². The van der Waals surface area contributed by atoms with E-state index in [9.17, 15) is 4.79 Å². The van der Waals surface area contributed by atoms with Crippen molar-refractivity contribution in [3.05, 3.63) is 45.9 Å². The van der Waals surface area contributed by atoms with E-state index in [1.165, 1.54) is 0 Å². The molecule has 0 saturated carbocycles. The Morgan fingerprint density at radius 2 is 2.17 bits per heavy atom. The van der Waals surface area contributed by atoms with Crippen LogP contribution in [0.25, 0.3) is 0 Å². The molecule has 6 heteroatoms. The average Bonchev–Trinajstić information content (AvgIpc) is 3.00. The van der Waals surface area contributed by atoms with Gasteiger partial charge in [0.05, 0.1) is 24.2 Å². The highest BCUT2D eigenvalue weighted by Gasteiger charge is 2.32. The molecule has 0 N–H and O–H groups in total. The van der Waals surface area contributed by atoms with Gasteiger partial charge in [0.1, 0.15) is 5.01 Å². The van der Waals surface area contributed by atoms with Crippen LogP contribution in [0.3, 0.4) is 0 Å². The van der Waals surface area contributed by atoms with Gasteiger partial charge >= 0.3 is 0 Å². The second-order valence-electron chi connectivity index (χ2n) is 6.10. The maximum atomic E-state index is 12.9. The van der Waals surface area contributed by atoms with Crippen molar-refractivity contribution in [2.45, 2.75) is 32.4 Å². The topological polar surface area (TPSA) is 60.2 Å². The van der Waals surface area contributed by atoms with Crippen LogP contribution in [0, 0.1) is 18.3 Å². The SMILES string of the molecule is Cc1csc(CN(C)[C@@H]2CCCN(c3ccc(C#N)cc3)C2=O)n1. The summed E-state index contributed by atoms with van der Waals surface area (Å²) >= 11 is 1.64. The highest BCUT2D eigenvalue weighted by Crippen LogP contribution is 2.25. The monoisotopic (exact) mass is 340 g/mol. The Balaban J connectivity index is 1.73. The minimum Gasteiger partial charge on any atom is -0.311 e. The van der Waals surface area contributed by atoms with Gasteiger partial charge in [0.2, 0.25) is 5.91 Å². The van der Waals surface area contributed by atoms with Gasteiger partial charge in [-0.2, -0.15) is 5.26 Å². The molecule has 2 aromatic rings. The van der Waals surface area contributed by atoms with Crippen molar-refractivity contribution in [2.24, 2.45) is 0 Å². The summed E-state index contributed by atoms with van der Waals surface area (Å²) in [5.41, 5.74) is 2.50. The predicted octanol–water partition coefficient (Wildman–Crippen LogP) is 2.95. The summed E-state index contributed by atoms with van der Waals surface area (Å²) in [4.78, 5) is 21.3. The molecule has 124 valence electrons. The van der Waals surface area contributed by atoms with Crippen molar-refractivity contribution in [3.8, 4) is 6.07 Å². The maximum Gasteiger partial charge on any atom is 0.244 e. The molecule has 0 bridgehead atoms. The van der Waals surface area contributed by atoms with Gasteiger partial charge < -0.3 is 4.90 Å². The van der Waals surface area contributed by atoms with E-state index in [-0.39, 0.29) is 11.9 Å². The van der Waals surface area contributed by atoms with Crippen molar-refractivity contribution in [2.75, 3.05) is 18.5 Å². The molecule has 0 unspecified atom stereocenters. The lowest BCUT2D eigenvalue weighted by Gasteiger charge is -2.36. The van der Waals surface area contributed by atoms with Crippen LogP contribution in [-0.4, -0.2) is 35.4 Å². The van der Waals surface area contributed by atoms with E-state index < -0.39 is 0 Å². The second kappa shape index (κ2) is 7.12. The van der Waals surface area contributed by atoms with Gasteiger partial charge in [-0.15, -0.1) is 11.3 Å². The van der Waals surface area contributed by atoms with Crippen molar-refractivity contribution < 1.29 is 4.79 Å². The Bertz CT molecular complexity index is 762. The smallest absolute Gasteiger partial charge is 0.244 e. The number of aryl methyl sites for hydroxylation is 1. The van der Waals surface area contributed by atoms with Crippen molar-refractivity contribution >= 4 is 22.9 Å². The molecule has 0 spiro atoms. The number of aromatic nitrogens is 1. The number of nitrogens with zero attached hydrogens (tertiary/aromatic N) is 4. The zero-order valence-electron chi connectivity index (χ0n) is 13.9. The number of amides is 1. The zero-order valence-corrected chi connectivity index (χ0v) is 14.7. The van der Waals surface area contributed by atoms with Crippen LogP contribution in [0.5, 0.6) is 0 Å². The normalized spacial score (nSPS) is 18.0. The van der Waals surface area contributed by atoms with Crippen LogP contribution in [0.15, 0.2) is 29.6 Å². The number of piperidine rings is 1. The molecule has 1 aromatic heterocycles. The number of anilines is 1. The fourth-order valence-corrected chi connectivity index (χ4v) is 3.87. The first kappa shape index (κ1) is 16.6. The largest absolute Gasteiger partial charge is 0.311 e. The molecule has 0 aliphatic carbocycles. The number of likely N-dealkylation sites (N-methyl/N-ethyl adjacent to an activating group) is 1. The van der Waals surface area contributed by atoms with E-state index in [0.717, 1.165) is 35.8 Å². The van der Waals surface area contributed by atoms with Crippen molar-refractivity contribution in [1.82, 2.24) is 9.88 Å². The molecule has 1 amide bonds. The molecule has 0 radical (unpaired) electrons. The number of benzene rings is 1. The maximum absolute atomic E-state index is 12.9. The number of rotatable bonds is 4. The zero-order chi connectivity index (χ0) is 17.1. The molecule has 1 aliphatic heterocycles. The number of carbonyl (C=O) groups is 1. The standard InChI is InChI=1S/C18H20N4OS/c1-13-12-24-17(20-13)11-21(2)16-4-3-9-22(18(16)23)15-7-5-14(10-19)6-8-15/h5-8,12,16H,3-4,9,11H2,1-2H3/t16-/m1/s1. The van der Waals surface area contributed by atoms with E-state index in [2.05, 4.69) is 16.0 Å². The summed E-state index contributed by atoms with van der Waals surface area (Å²) in [7, 11) is 1.99. The Hall–Kier alpha value is -2.23. The third-order valence-electron chi connectivity index (χ3n) is 4.30. The predicted molar refractivity (Wildman–Crippen MR) is 94.9 cm³/mol. The van der Waals surface area contributed by atoms with Crippen LogP contribution in [0.2, 0.25) is 0 Å². The lowest BCUT2D eigenvalue weighted by atomic mass is 10.0. The number of thiazole rings is 1. The number of hydrogen-bond acceptors (Lipinski definition) is 5. The summed E-state index contributed by atoms with van der Waals surface area (Å²) in [6.45, 7) is 3.40. The fraction of sp³-hybridized carbons (Fsp3) is 0.389. The summed E-state index contributed by atoms with van der Waals surface area (Å²) in [6.07, 6.45) is 1.84. The summed E-state index contributed by atoms with van der Waals surface area (Å²) in [6, 6.07) is 9.20. The summed E-state index contributed by atoms with van der Waals surface area (Å²) < 4.78 is 0. The highest BCUT2D eigenvalue weighted by molar-refractivity contribution is 7.09. The number of nitriles is 1. The lowest BCUT2D eigenvalue weighted by Crippen LogP contribution is -2.51. The first-order valence-electron chi connectivity index (χ1n) is 8.01. The van der Waals surface area contributed by atoms with Crippen LogP contribution >= 0.6 is 11.3 Å². The van der Waals surface area contributed by atoms with Crippen LogP contribution in [0.1, 0.15) is 29.1 Å². The molecule has 2 heterocycles. The summed E-state index contributed by atoms with van der Waals surface area (Å²) in [5.74, 6) is 0.127. The van der Waals surface area contributed by atoms with Gasteiger partial charge in [0.25, 0.3) is 0 Å². The molecule has 1 saturated heterocycles. The molecule has 1 aliphatic rings. The number of hydrogen-bond donors (Lipinski definition) is 0. The lowest BCUT2D eigenvalue weighted by molar-refractivity contribution is -0.125. The minimum atomic E-state index is -0.126. The van der Waals surface area contributed by atoms with E-state index in [0.29, 0.717) is 12.1 Å². The molecule has 1 fully saturated rings. The van der Waals surface area contributed by atoms with Gasteiger partial charge in [-0.05, 0) is 51.1 Å². The molecule has 24 heavy (non-hydrogen) atoms. The van der Waals surface area contributed by atoms with Gasteiger partial charge in [0, 0.05) is 23.3 Å². The van der Waals surface area contributed by atoms with Gasteiger partial charge in [0.15, 0.2) is 0 Å². The molecule has 1 aromatic carbocycles. The van der Waals surface area contributed by atoms with Gasteiger partial charge in [-0.1, -0.05) is 0 Å². The van der Waals surface area contributed by atoms with E-state index in [4.69, 9.17) is 5.26 Å². The quantitative estimate of drug-likeness (QED) is 0.858. The van der Waals surface area contributed by atoms with Crippen molar-refractivity contribution in [1.29, 1.82) is 5.26 Å². The first-order valence-corrected chi connectivity index (χ1v) is 8.89.